The van der Waals surface area contributed by atoms with Gasteiger partial charge in [-0.2, -0.15) is 0 Å². The first kappa shape index (κ1) is 10.6. The van der Waals surface area contributed by atoms with E-state index in [4.69, 9.17) is 9.15 Å². The van der Waals surface area contributed by atoms with Gasteiger partial charge in [0.25, 0.3) is 0 Å². The molecule has 0 aliphatic heterocycles. The fraction of sp³-hybridized carbons (Fsp3) is 0. The first-order valence-electron chi connectivity index (χ1n) is 5.64. The van der Waals surface area contributed by atoms with Crippen LogP contribution in [0.3, 0.4) is 0 Å². The van der Waals surface area contributed by atoms with Crippen LogP contribution in [0.5, 0.6) is 11.5 Å². The van der Waals surface area contributed by atoms with E-state index in [0.29, 0.717) is 5.75 Å². The first-order valence-corrected chi connectivity index (χ1v) is 5.64. The third-order valence-electron chi connectivity index (χ3n) is 2.54. The monoisotopic (exact) mass is 237 g/mol. The lowest BCUT2D eigenvalue weighted by Gasteiger charge is -2.08. The molecule has 0 N–H and O–H groups in total. The van der Waals surface area contributed by atoms with Crippen molar-refractivity contribution in [3.63, 3.8) is 0 Å². The van der Waals surface area contributed by atoms with Crippen LogP contribution < -0.4 is 4.74 Å². The Hall–Kier alpha value is -2.55. The summed E-state index contributed by atoms with van der Waals surface area (Å²) in [5.41, 5.74) is 0.923. The average Bonchev–Trinajstić information content (AvgIpc) is 2.94. The molecule has 0 aliphatic carbocycles. The van der Waals surface area contributed by atoms with Crippen LogP contribution in [-0.2, 0) is 0 Å². The molecule has 0 unspecified atom stereocenters. The lowest BCUT2D eigenvalue weighted by Crippen LogP contribution is -1.87. The molecule has 0 bridgehead atoms. The van der Waals surface area contributed by atoms with Crippen LogP contribution in [0.2, 0.25) is 0 Å². The van der Waals surface area contributed by atoms with Gasteiger partial charge >= 0.3 is 0 Å². The summed E-state index contributed by atoms with van der Waals surface area (Å²) in [7, 11) is 0. The van der Waals surface area contributed by atoms with Crippen LogP contribution in [0, 0.1) is 0 Å². The lowest BCUT2D eigenvalue weighted by molar-refractivity contribution is 0.478. The van der Waals surface area contributed by atoms with Crippen molar-refractivity contribution in [1.82, 2.24) is 4.98 Å². The zero-order chi connectivity index (χ0) is 12.2. The smallest absolute Gasteiger partial charge is 0.145 e. The normalized spacial score (nSPS) is 10.2. The maximum Gasteiger partial charge on any atom is 0.145 e. The van der Waals surface area contributed by atoms with Crippen molar-refractivity contribution < 1.29 is 9.15 Å². The highest BCUT2D eigenvalue weighted by atomic mass is 16.5. The fourth-order valence-corrected chi connectivity index (χ4v) is 1.73. The molecule has 0 radical (unpaired) electrons. The van der Waals surface area contributed by atoms with Gasteiger partial charge < -0.3 is 9.15 Å². The summed E-state index contributed by atoms with van der Waals surface area (Å²) in [6, 6.07) is 15.2. The second kappa shape index (κ2) is 4.75. The predicted molar refractivity (Wildman–Crippen MR) is 68.5 cm³/mol. The van der Waals surface area contributed by atoms with Crippen LogP contribution in [0.15, 0.2) is 71.6 Å². The molecule has 0 amide bonds. The van der Waals surface area contributed by atoms with Crippen LogP contribution in [0.4, 0.5) is 0 Å². The van der Waals surface area contributed by atoms with Crippen LogP contribution >= 0.6 is 0 Å². The summed E-state index contributed by atoms with van der Waals surface area (Å²) in [6.07, 6.45) is 5.04. The molecular formula is C15H11NO2. The number of pyridine rings is 1. The van der Waals surface area contributed by atoms with E-state index in [-0.39, 0.29) is 0 Å². The summed E-state index contributed by atoms with van der Waals surface area (Å²) < 4.78 is 11.2. The number of furan rings is 1. The molecule has 0 atom stereocenters. The van der Waals surface area contributed by atoms with Gasteiger partial charge in [0.2, 0.25) is 0 Å². The molecule has 3 rings (SSSR count). The Morgan fingerprint density at radius 2 is 1.89 bits per heavy atom. The van der Waals surface area contributed by atoms with Gasteiger partial charge in [0, 0.05) is 6.20 Å². The molecule has 1 aromatic carbocycles. The number of ether oxygens (including phenoxy) is 1. The molecule has 0 fully saturated rings. The summed E-state index contributed by atoms with van der Waals surface area (Å²) in [5, 5.41) is 0. The summed E-state index contributed by atoms with van der Waals surface area (Å²) in [4.78, 5) is 4.02. The number of para-hydroxylation sites is 1. The lowest BCUT2D eigenvalue weighted by atomic mass is 10.1. The third-order valence-corrected chi connectivity index (χ3v) is 2.54. The maximum absolute atomic E-state index is 5.81. The maximum atomic E-state index is 5.81. The van der Waals surface area contributed by atoms with E-state index in [1.807, 2.05) is 48.5 Å². The molecule has 3 heteroatoms. The Morgan fingerprint density at radius 3 is 2.67 bits per heavy atom. The summed E-state index contributed by atoms with van der Waals surface area (Å²) >= 11 is 0. The van der Waals surface area contributed by atoms with Crippen molar-refractivity contribution in [3.8, 4) is 22.8 Å². The third kappa shape index (κ3) is 2.11. The Balaban J connectivity index is 1.98. The molecule has 2 heterocycles. The Labute approximate surface area is 105 Å². The predicted octanol–water partition coefficient (Wildman–Crippen LogP) is 4.13. The number of aromatic nitrogens is 1. The van der Waals surface area contributed by atoms with E-state index >= 15 is 0 Å². The minimum atomic E-state index is 0.705. The van der Waals surface area contributed by atoms with Crippen LogP contribution in [0.25, 0.3) is 11.3 Å². The minimum Gasteiger partial charge on any atom is -0.464 e. The number of rotatable bonds is 3. The molecule has 2 aromatic heterocycles. The molecule has 0 spiro atoms. The molecule has 88 valence electrons. The summed E-state index contributed by atoms with van der Waals surface area (Å²) in [6.45, 7) is 0. The van der Waals surface area contributed by atoms with Crippen molar-refractivity contribution in [3.05, 3.63) is 67.2 Å². The highest BCUT2D eigenvalue weighted by molar-refractivity contribution is 5.66. The van der Waals surface area contributed by atoms with Gasteiger partial charge in [-0.25, -0.2) is 0 Å². The number of benzene rings is 1. The Kier molecular flexibility index (Phi) is 2.80. The van der Waals surface area contributed by atoms with Crippen molar-refractivity contribution in [2.24, 2.45) is 0 Å². The first-order chi connectivity index (χ1) is 8.93. The van der Waals surface area contributed by atoms with Crippen LogP contribution in [-0.4, -0.2) is 4.98 Å². The van der Waals surface area contributed by atoms with E-state index in [2.05, 4.69) is 4.98 Å². The number of nitrogens with zero attached hydrogens (tertiary/aromatic N) is 1. The standard InChI is InChI=1S/C15H11NO2/c1-2-7-15(18-12-5-3-9-16-11-12)13(6-1)14-8-4-10-17-14/h1-11H. The molecule has 3 nitrogen and oxygen atoms in total. The minimum absolute atomic E-state index is 0.705. The number of hydrogen-bond acceptors (Lipinski definition) is 3. The summed E-state index contributed by atoms with van der Waals surface area (Å²) in [5.74, 6) is 2.24. The second-order valence-corrected chi connectivity index (χ2v) is 3.76. The van der Waals surface area contributed by atoms with Gasteiger partial charge in [-0.15, -0.1) is 0 Å². The average molecular weight is 237 g/mol. The molecule has 18 heavy (non-hydrogen) atoms. The van der Waals surface area contributed by atoms with Crippen molar-refractivity contribution in [2.75, 3.05) is 0 Å². The highest BCUT2D eigenvalue weighted by Gasteiger charge is 2.08. The number of hydrogen-bond donors (Lipinski definition) is 0. The zero-order valence-electron chi connectivity index (χ0n) is 9.61. The molecular weight excluding hydrogens is 226 g/mol. The van der Waals surface area contributed by atoms with Gasteiger partial charge in [0.1, 0.15) is 17.3 Å². The van der Waals surface area contributed by atoms with Crippen LogP contribution in [0.1, 0.15) is 0 Å². The molecule has 0 aliphatic rings. The van der Waals surface area contributed by atoms with E-state index in [1.165, 1.54) is 0 Å². The van der Waals surface area contributed by atoms with Gasteiger partial charge in [0.15, 0.2) is 0 Å². The SMILES string of the molecule is c1cncc(Oc2ccccc2-c2ccco2)c1. The van der Waals surface area contributed by atoms with Gasteiger partial charge in [-0.05, 0) is 36.4 Å². The molecule has 3 aromatic rings. The van der Waals surface area contributed by atoms with Gasteiger partial charge in [-0.1, -0.05) is 12.1 Å². The van der Waals surface area contributed by atoms with Crippen molar-refractivity contribution >= 4 is 0 Å². The molecule has 0 saturated carbocycles. The fourth-order valence-electron chi connectivity index (χ4n) is 1.73. The van der Waals surface area contributed by atoms with Gasteiger partial charge in [-0.3, -0.25) is 4.98 Å². The zero-order valence-corrected chi connectivity index (χ0v) is 9.61. The van der Waals surface area contributed by atoms with E-state index in [1.54, 1.807) is 18.7 Å². The topological polar surface area (TPSA) is 35.3 Å². The second-order valence-electron chi connectivity index (χ2n) is 3.76. The van der Waals surface area contributed by atoms with Crippen molar-refractivity contribution in [1.29, 1.82) is 0 Å². The van der Waals surface area contributed by atoms with E-state index < -0.39 is 0 Å². The Morgan fingerprint density at radius 1 is 0.944 bits per heavy atom. The highest BCUT2D eigenvalue weighted by Crippen LogP contribution is 2.32. The molecule has 0 saturated heterocycles. The van der Waals surface area contributed by atoms with E-state index in [0.717, 1.165) is 17.1 Å². The van der Waals surface area contributed by atoms with E-state index in [9.17, 15) is 0 Å². The van der Waals surface area contributed by atoms with Gasteiger partial charge in [0.05, 0.1) is 18.0 Å². The largest absolute Gasteiger partial charge is 0.464 e. The Bertz CT molecular complexity index is 618. The van der Waals surface area contributed by atoms with Crippen molar-refractivity contribution in [2.45, 2.75) is 0 Å². The quantitative estimate of drug-likeness (QED) is 0.686.